The molecule has 0 atom stereocenters. The molecule has 0 N–H and O–H groups in total. The number of rotatable bonds is 4. The Kier molecular flexibility index (Phi) is 4.27. The van der Waals surface area contributed by atoms with E-state index in [2.05, 4.69) is 5.10 Å². The molecule has 0 fully saturated rings. The Morgan fingerprint density at radius 2 is 2.05 bits per heavy atom. The fourth-order valence-electron chi connectivity index (χ4n) is 1.94. The lowest BCUT2D eigenvalue weighted by molar-refractivity contribution is 0.0983. The van der Waals surface area contributed by atoms with Crippen LogP contribution >= 0.6 is 23.2 Å². The summed E-state index contributed by atoms with van der Waals surface area (Å²) in [6, 6.07) is 6.96. The highest BCUT2D eigenvalue weighted by Crippen LogP contribution is 2.22. The summed E-state index contributed by atoms with van der Waals surface area (Å²) in [7, 11) is 0. The van der Waals surface area contributed by atoms with E-state index in [4.69, 9.17) is 23.2 Å². The maximum Gasteiger partial charge on any atom is 0.185 e. The van der Waals surface area contributed by atoms with Crippen molar-refractivity contribution in [1.82, 2.24) is 9.78 Å². The van der Waals surface area contributed by atoms with Crippen molar-refractivity contribution in [3.8, 4) is 0 Å². The molecular weight excluding hydrogens is 283 g/mol. The van der Waals surface area contributed by atoms with E-state index in [9.17, 15) is 4.79 Å². The van der Waals surface area contributed by atoms with Crippen molar-refractivity contribution >= 4 is 29.0 Å². The number of carbonyl (C=O) groups is 1. The zero-order valence-corrected chi connectivity index (χ0v) is 12.3. The normalized spacial score (nSPS) is 10.7. The van der Waals surface area contributed by atoms with Gasteiger partial charge in [-0.3, -0.25) is 9.48 Å². The summed E-state index contributed by atoms with van der Waals surface area (Å²) in [4.78, 5) is 12.3. The largest absolute Gasteiger partial charge is 0.292 e. The van der Waals surface area contributed by atoms with Crippen molar-refractivity contribution in [1.29, 1.82) is 0 Å². The molecule has 0 saturated carbocycles. The number of benzene rings is 1. The number of Topliss-reactive ketones (excluding diaryl/α,β-unsaturated/α-hetero) is 1. The molecule has 1 heterocycles. The minimum Gasteiger partial charge on any atom is -0.292 e. The molecule has 0 unspecified atom stereocenters. The summed E-state index contributed by atoms with van der Waals surface area (Å²) >= 11 is 11.9. The second-order valence-corrected chi connectivity index (χ2v) is 5.17. The van der Waals surface area contributed by atoms with Crippen LogP contribution in [0, 0.1) is 6.92 Å². The molecule has 0 spiro atoms. The Morgan fingerprint density at radius 3 is 2.68 bits per heavy atom. The highest BCUT2D eigenvalue weighted by Gasteiger charge is 2.15. The first-order valence-electron chi connectivity index (χ1n) is 6.03. The van der Waals surface area contributed by atoms with Gasteiger partial charge in [0.1, 0.15) is 5.69 Å². The molecule has 2 rings (SSSR count). The van der Waals surface area contributed by atoms with Crippen molar-refractivity contribution in [2.24, 2.45) is 0 Å². The predicted octanol–water partition coefficient (Wildman–Crippen LogP) is 3.94. The van der Waals surface area contributed by atoms with Gasteiger partial charge in [-0.2, -0.15) is 5.10 Å². The molecule has 0 aliphatic rings. The Labute approximate surface area is 122 Å². The second kappa shape index (κ2) is 5.76. The van der Waals surface area contributed by atoms with Crippen molar-refractivity contribution in [2.75, 3.05) is 0 Å². The number of hydrogen-bond acceptors (Lipinski definition) is 2. The van der Waals surface area contributed by atoms with Crippen LogP contribution in [0.1, 0.15) is 28.7 Å². The maximum absolute atomic E-state index is 12.3. The third-order valence-electron chi connectivity index (χ3n) is 2.85. The highest BCUT2D eigenvalue weighted by atomic mass is 35.5. The highest BCUT2D eigenvalue weighted by molar-refractivity contribution is 6.35. The van der Waals surface area contributed by atoms with Crippen LogP contribution in [0.25, 0.3) is 0 Å². The average Bonchev–Trinajstić information content (AvgIpc) is 2.74. The zero-order chi connectivity index (χ0) is 14.0. The van der Waals surface area contributed by atoms with Crippen LogP contribution in [-0.4, -0.2) is 15.6 Å². The molecule has 100 valence electrons. The Morgan fingerprint density at radius 1 is 1.32 bits per heavy atom. The van der Waals surface area contributed by atoms with E-state index in [-0.39, 0.29) is 12.2 Å². The first kappa shape index (κ1) is 14.1. The molecule has 1 aromatic carbocycles. The SMILES string of the molecule is CCn1nc(C)cc1C(=O)Cc1ccc(Cl)cc1Cl. The molecule has 1 aromatic heterocycles. The molecule has 3 nitrogen and oxygen atoms in total. The van der Waals surface area contributed by atoms with Gasteiger partial charge in [0.2, 0.25) is 0 Å². The van der Waals surface area contributed by atoms with E-state index in [1.165, 1.54) is 0 Å². The lowest BCUT2D eigenvalue weighted by Crippen LogP contribution is -2.11. The minimum absolute atomic E-state index is 0.00618. The van der Waals surface area contributed by atoms with Gasteiger partial charge in [0, 0.05) is 23.0 Å². The first-order valence-corrected chi connectivity index (χ1v) is 6.78. The Balaban J connectivity index is 2.25. The van der Waals surface area contributed by atoms with E-state index in [1.807, 2.05) is 13.8 Å². The predicted molar refractivity (Wildman–Crippen MR) is 77.1 cm³/mol. The van der Waals surface area contributed by atoms with Crippen LogP contribution in [0.4, 0.5) is 0 Å². The van der Waals surface area contributed by atoms with Crippen molar-refractivity contribution in [3.05, 3.63) is 51.3 Å². The molecule has 0 aliphatic heterocycles. The van der Waals surface area contributed by atoms with Gasteiger partial charge in [-0.25, -0.2) is 0 Å². The van der Waals surface area contributed by atoms with E-state index in [0.29, 0.717) is 22.3 Å². The van der Waals surface area contributed by atoms with Crippen LogP contribution in [-0.2, 0) is 13.0 Å². The van der Waals surface area contributed by atoms with Crippen LogP contribution in [0.15, 0.2) is 24.3 Å². The van der Waals surface area contributed by atoms with Crippen LogP contribution in [0.2, 0.25) is 10.0 Å². The summed E-state index contributed by atoms with van der Waals surface area (Å²) in [5.41, 5.74) is 2.23. The monoisotopic (exact) mass is 296 g/mol. The number of hydrogen-bond donors (Lipinski definition) is 0. The molecule has 19 heavy (non-hydrogen) atoms. The van der Waals surface area contributed by atoms with Gasteiger partial charge in [-0.15, -0.1) is 0 Å². The summed E-state index contributed by atoms with van der Waals surface area (Å²) in [6.45, 7) is 4.50. The van der Waals surface area contributed by atoms with Crippen molar-refractivity contribution in [3.63, 3.8) is 0 Å². The van der Waals surface area contributed by atoms with Gasteiger partial charge >= 0.3 is 0 Å². The molecular formula is C14H14Cl2N2O. The maximum atomic E-state index is 12.3. The topological polar surface area (TPSA) is 34.9 Å². The third-order valence-corrected chi connectivity index (χ3v) is 3.44. The van der Waals surface area contributed by atoms with Crippen LogP contribution in [0.5, 0.6) is 0 Å². The number of aryl methyl sites for hydroxylation is 2. The van der Waals surface area contributed by atoms with Crippen molar-refractivity contribution in [2.45, 2.75) is 26.8 Å². The molecule has 0 radical (unpaired) electrons. The van der Waals surface area contributed by atoms with Gasteiger partial charge in [0.25, 0.3) is 0 Å². The van der Waals surface area contributed by atoms with Crippen LogP contribution < -0.4 is 0 Å². The average molecular weight is 297 g/mol. The first-order chi connectivity index (χ1) is 9.01. The number of halogens is 2. The summed E-state index contributed by atoms with van der Waals surface area (Å²) < 4.78 is 1.71. The lowest BCUT2D eigenvalue weighted by atomic mass is 10.1. The Bertz CT molecular complexity index is 620. The minimum atomic E-state index is 0.00618. The van der Waals surface area contributed by atoms with Crippen LogP contribution in [0.3, 0.4) is 0 Å². The molecule has 5 heteroatoms. The standard InChI is InChI=1S/C14H14Cl2N2O/c1-3-18-13(6-9(2)17-18)14(19)7-10-4-5-11(15)8-12(10)16/h4-6,8H,3,7H2,1-2H3. The fourth-order valence-corrected chi connectivity index (χ4v) is 2.41. The smallest absolute Gasteiger partial charge is 0.185 e. The second-order valence-electron chi connectivity index (χ2n) is 4.32. The number of aromatic nitrogens is 2. The van der Waals surface area contributed by atoms with Gasteiger partial charge < -0.3 is 0 Å². The van der Waals surface area contributed by atoms with E-state index < -0.39 is 0 Å². The number of nitrogens with zero attached hydrogens (tertiary/aromatic N) is 2. The van der Waals surface area contributed by atoms with E-state index in [1.54, 1.807) is 28.9 Å². The quantitative estimate of drug-likeness (QED) is 0.801. The number of ketones is 1. The molecule has 0 saturated heterocycles. The van der Waals surface area contributed by atoms with Crippen molar-refractivity contribution < 1.29 is 4.79 Å². The lowest BCUT2D eigenvalue weighted by Gasteiger charge is -2.06. The summed E-state index contributed by atoms with van der Waals surface area (Å²) in [5.74, 6) is 0.00618. The molecule has 0 bridgehead atoms. The molecule has 0 amide bonds. The number of carbonyl (C=O) groups excluding carboxylic acids is 1. The molecule has 2 aromatic rings. The zero-order valence-electron chi connectivity index (χ0n) is 10.8. The molecule has 0 aliphatic carbocycles. The summed E-state index contributed by atoms with van der Waals surface area (Å²) in [6.07, 6.45) is 0.251. The Hall–Kier alpha value is -1.32. The summed E-state index contributed by atoms with van der Waals surface area (Å²) in [5, 5.41) is 5.35. The third kappa shape index (κ3) is 3.17. The van der Waals surface area contributed by atoms with Gasteiger partial charge in [0.15, 0.2) is 5.78 Å². The van der Waals surface area contributed by atoms with Gasteiger partial charge in [-0.1, -0.05) is 29.3 Å². The van der Waals surface area contributed by atoms with Gasteiger partial charge in [-0.05, 0) is 37.6 Å². The van der Waals surface area contributed by atoms with E-state index >= 15 is 0 Å². The fraction of sp³-hybridized carbons (Fsp3) is 0.286. The van der Waals surface area contributed by atoms with Gasteiger partial charge in [0.05, 0.1) is 5.69 Å². The van der Waals surface area contributed by atoms with E-state index in [0.717, 1.165) is 11.3 Å².